The van der Waals surface area contributed by atoms with Crippen molar-refractivity contribution in [3.63, 3.8) is 0 Å². The van der Waals surface area contributed by atoms with E-state index in [1.54, 1.807) is 55.6 Å². The Balaban J connectivity index is 1.52. The first-order chi connectivity index (χ1) is 18.0. The summed E-state index contributed by atoms with van der Waals surface area (Å²) in [7, 11) is -3.59. The number of nitrogens with one attached hydrogen (secondary N) is 1. The van der Waals surface area contributed by atoms with Crippen molar-refractivity contribution in [3.05, 3.63) is 117 Å². The third kappa shape index (κ3) is 6.30. The van der Waals surface area contributed by atoms with E-state index in [4.69, 9.17) is 5.73 Å². The van der Waals surface area contributed by atoms with Crippen LogP contribution in [-0.4, -0.2) is 35.1 Å². The van der Waals surface area contributed by atoms with Crippen LogP contribution in [0.25, 0.3) is 0 Å². The Hall–Kier alpha value is -4.38. The summed E-state index contributed by atoms with van der Waals surface area (Å²) in [4.78, 5) is 33.2. The predicted octanol–water partition coefficient (Wildman–Crippen LogP) is 2.64. The maximum absolute atomic E-state index is 13.8. The zero-order valence-corrected chi connectivity index (χ0v) is 21.6. The lowest BCUT2D eigenvalue weighted by Gasteiger charge is -2.12. The zero-order chi connectivity index (χ0) is 27.4. The van der Waals surface area contributed by atoms with E-state index in [0.29, 0.717) is 33.6 Å². The quantitative estimate of drug-likeness (QED) is 0.354. The Labute approximate surface area is 219 Å². The van der Waals surface area contributed by atoms with E-state index < -0.39 is 15.7 Å². The smallest absolute Gasteiger partial charge is 0.251 e. The number of nitrogens with zero attached hydrogens (tertiary/aromatic N) is 3. The van der Waals surface area contributed by atoms with Crippen LogP contribution in [0.15, 0.2) is 76.7 Å². The molecular formula is C27H26FN5O4S. The monoisotopic (exact) mass is 535 g/mol. The van der Waals surface area contributed by atoms with E-state index in [1.807, 2.05) is 0 Å². The van der Waals surface area contributed by atoms with Crippen molar-refractivity contribution < 1.29 is 17.6 Å². The van der Waals surface area contributed by atoms with Gasteiger partial charge in [-0.3, -0.25) is 14.6 Å². The van der Waals surface area contributed by atoms with Crippen LogP contribution in [0.4, 0.5) is 10.2 Å². The molecule has 4 rings (SSSR count). The molecule has 0 radical (unpaired) electrons. The van der Waals surface area contributed by atoms with Gasteiger partial charge in [-0.25, -0.2) is 17.8 Å². The number of benzene rings is 1. The number of sulfone groups is 1. The number of amides is 1. The molecule has 0 atom stereocenters. The molecule has 0 bridgehead atoms. The lowest BCUT2D eigenvalue weighted by Crippen LogP contribution is -2.24. The summed E-state index contributed by atoms with van der Waals surface area (Å²) >= 11 is 0. The largest absolute Gasteiger partial charge is 0.381 e. The third-order valence-electron chi connectivity index (χ3n) is 5.97. The van der Waals surface area contributed by atoms with Gasteiger partial charge in [0, 0.05) is 54.6 Å². The molecule has 0 saturated carbocycles. The number of carbonyl (C=O) groups excluding carboxylic acids is 1. The highest BCUT2D eigenvalue weighted by Gasteiger charge is 2.16. The summed E-state index contributed by atoms with van der Waals surface area (Å²) in [5.74, 6) is -1.23. The van der Waals surface area contributed by atoms with Gasteiger partial charge in [-0.05, 0) is 53.9 Å². The van der Waals surface area contributed by atoms with Crippen LogP contribution in [-0.2, 0) is 29.3 Å². The number of nitrogens with two attached hydrogens (primary N) is 1. The van der Waals surface area contributed by atoms with Gasteiger partial charge in [0.25, 0.3) is 11.5 Å². The molecule has 3 N–H and O–H groups in total. The minimum absolute atomic E-state index is 0.0657. The van der Waals surface area contributed by atoms with Crippen LogP contribution in [0.2, 0.25) is 0 Å². The summed E-state index contributed by atoms with van der Waals surface area (Å²) in [6, 6.07) is 14.2. The van der Waals surface area contributed by atoms with E-state index >= 15 is 0 Å². The maximum Gasteiger partial charge on any atom is 0.251 e. The number of pyridine rings is 3. The van der Waals surface area contributed by atoms with E-state index in [-0.39, 0.29) is 41.7 Å². The SMILES string of the molecule is Cc1nc(N)c(F)cc1CNC(=O)c1ccnc(Cc2ccc(Cn3ccccc3=O)c(S(C)(=O)=O)c2)c1. The summed E-state index contributed by atoms with van der Waals surface area (Å²) in [5, 5.41) is 2.74. The van der Waals surface area contributed by atoms with Gasteiger partial charge in [-0.2, -0.15) is 0 Å². The first-order valence-corrected chi connectivity index (χ1v) is 13.5. The molecule has 0 fully saturated rings. The fourth-order valence-electron chi connectivity index (χ4n) is 3.98. The van der Waals surface area contributed by atoms with Gasteiger partial charge in [0.1, 0.15) is 0 Å². The fourth-order valence-corrected chi connectivity index (χ4v) is 4.95. The van der Waals surface area contributed by atoms with Crippen molar-refractivity contribution in [2.75, 3.05) is 12.0 Å². The molecule has 0 unspecified atom stereocenters. The number of halogens is 1. The molecule has 196 valence electrons. The number of nitrogen functional groups attached to an aromatic ring is 1. The Morgan fingerprint density at radius 2 is 1.89 bits per heavy atom. The van der Waals surface area contributed by atoms with Crippen LogP contribution in [0.5, 0.6) is 0 Å². The van der Waals surface area contributed by atoms with Crippen LogP contribution in [0.1, 0.15) is 38.4 Å². The number of rotatable bonds is 8. The molecular weight excluding hydrogens is 509 g/mol. The van der Waals surface area contributed by atoms with Gasteiger partial charge in [-0.1, -0.05) is 18.2 Å². The molecule has 11 heteroatoms. The van der Waals surface area contributed by atoms with Gasteiger partial charge < -0.3 is 15.6 Å². The maximum atomic E-state index is 13.8. The molecule has 0 saturated heterocycles. The second kappa shape index (κ2) is 10.9. The fraction of sp³-hybridized carbons (Fsp3) is 0.185. The van der Waals surface area contributed by atoms with Gasteiger partial charge in [-0.15, -0.1) is 0 Å². The zero-order valence-electron chi connectivity index (χ0n) is 20.8. The number of aromatic nitrogens is 3. The summed E-state index contributed by atoms with van der Waals surface area (Å²) in [6.45, 7) is 1.86. The van der Waals surface area contributed by atoms with Crippen LogP contribution >= 0.6 is 0 Å². The number of anilines is 1. The molecule has 3 aromatic heterocycles. The van der Waals surface area contributed by atoms with Crippen molar-refractivity contribution in [2.24, 2.45) is 0 Å². The Bertz CT molecular complexity index is 1690. The lowest BCUT2D eigenvalue weighted by atomic mass is 10.1. The Morgan fingerprint density at radius 1 is 1.11 bits per heavy atom. The molecule has 0 aliphatic carbocycles. The highest BCUT2D eigenvalue weighted by Crippen LogP contribution is 2.21. The molecule has 1 aromatic carbocycles. The van der Waals surface area contributed by atoms with Crippen molar-refractivity contribution in [2.45, 2.75) is 31.3 Å². The molecule has 38 heavy (non-hydrogen) atoms. The topological polar surface area (TPSA) is 137 Å². The van der Waals surface area contributed by atoms with E-state index in [9.17, 15) is 22.4 Å². The van der Waals surface area contributed by atoms with Crippen LogP contribution < -0.4 is 16.6 Å². The van der Waals surface area contributed by atoms with E-state index in [2.05, 4.69) is 15.3 Å². The van der Waals surface area contributed by atoms with Gasteiger partial charge in [0.15, 0.2) is 21.5 Å². The molecule has 4 aromatic rings. The molecule has 9 nitrogen and oxygen atoms in total. The van der Waals surface area contributed by atoms with Crippen molar-refractivity contribution in [1.82, 2.24) is 19.9 Å². The van der Waals surface area contributed by atoms with Gasteiger partial charge >= 0.3 is 0 Å². The van der Waals surface area contributed by atoms with Crippen molar-refractivity contribution in [1.29, 1.82) is 0 Å². The summed E-state index contributed by atoms with van der Waals surface area (Å²) < 4.78 is 40.3. The lowest BCUT2D eigenvalue weighted by molar-refractivity contribution is 0.0950. The first kappa shape index (κ1) is 26.7. The van der Waals surface area contributed by atoms with Gasteiger partial charge in [0.05, 0.1) is 11.4 Å². The minimum atomic E-state index is -3.59. The van der Waals surface area contributed by atoms with Crippen molar-refractivity contribution in [3.8, 4) is 0 Å². The van der Waals surface area contributed by atoms with Crippen LogP contribution in [0.3, 0.4) is 0 Å². The second-order valence-corrected chi connectivity index (χ2v) is 10.9. The standard InChI is InChI=1S/C27H26FN5O4S/c1-17-21(14-23(28)26(29)32-17)15-31-27(35)19-8-9-30-22(13-19)11-18-6-7-20(24(12-18)38(2,36)37)16-33-10-4-3-5-25(33)34/h3-10,12-14H,11,15-16H2,1-2H3,(H2,29,32)(H,31,35). The average molecular weight is 536 g/mol. The first-order valence-electron chi connectivity index (χ1n) is 11.6. The molecule has 1 amide bonds. The highest BCUT2D eigenvalue weighted by molar-refractivity contribution is 7.90. The number of carbonyl (C=O) groups is 1. The Morgan fingerprint density at radius 3 is 2.63 bits per heavy atom. The predicted molar refractivity (Wildman–Crippen MR) is 141 cm³/mol. The molecule has 0 aliphatic rings. The number of hydrogen-bond donors (Lipinski definition) is 2. The molecule has 0 aliphatic heterocycles. The molecule has 3 heterocycles. The summed E-state index contributed by atoms with van der Waals surface area (Å²) in [5.41, 5.74) is 8.34. The highest BCUT2D eigenvalue weighted by atomic mass is 32.2. The normalized spacial score (nSPS) is 11.3. The summed E-state index contributed by atoms with van der Waals surface area (Å²) in [6.07, 6.45) is 4.50. The Kier molecular flexibility index (Phi) is 7.67. The van der Waals surface area contributed by atoms with Gasteiger partial charge in [0.2, 0.25) is 0 Å². The number of aryl methyl sites for hydroxylation is 1. The number of hydrogen-bond acceptors (Lipinski definition) is 7. The molecule has 0 spiro atoms. The third-order valence-corrected chi connectivity index (χ3v) is 7.15. The van der Waals surface area contributed by atoms with E-state index in [1.165, 1.54) is 22.9 Å². The minimum Gasteiger partial charge on any atom is -0.381 e. The second-order valence-electron chi connectivity index (χ2n) is 8.88. The van der Waals surface area contributed by atoms with E-state index in [0.717, 1.165) is 6.26 Å². The van der Waals surface area contributed by atoms with Crippen LogP contribution in [0, 0.1) is 12.7 Å². The van der Waals surface area contributed by atoms with Crippen molar-refractivity contribution >= 4 is 21.6 Å². The average Bonchev–Trinajstić information content (AvgIpc) is 2.87.